The van der Waals surface area contributed by atoms with Gasteiger partial charge in [0.05, 0.1) is 27.5 Å². The number of phenolic OH excluding ortho intramolecular Hbond substituents is 4. The average Bonchev–Trinajstić information content (AvgIpc) is 2.92. The van der Waals surface area contributed by atoms with E-state index in [1.165, 1.54) is 6.07 Å². The molecule has 0 atom stereocenters. The summed E-state index contributed by atoms with van der Waals surface area (Å²) in [6.07, 6.45) is 0. The number of rotatable bonds is 9. The number of benzene rings is 4. The number of anilines is 1. The van der Waals surface area contributed by atoms with E-state index in [0.717, 1.165) is 42.5 Å². The summed E-state index contributed by atoms with van der Waals surface area (Å²) in [6, 6.07) is 8.08. The number of non-ortho nitro benzene ring substituents is 1. The molecule has 22 heteroatoms. The van der Waals surface area contributed by atoms with E-state index >= 15 is 0 Å². The minimum absolute atomic E-state index is 0. The van der Waals surface area contributed by atoms with Crippen LogP contribution in [0, 0.1) is 10.1 Å². The van der Waals surface area contributed by atoms with E-state index in [1.54, 1.807) is 0 Å². The van der Waals surface area contributed by atoms with Crippen molar-refractivity contribution in [3.63, 3.8) is 0 Å². The molecule has 4 rings (SSSR count). The topological polar surface area (TPSA) is 293 Å². The minimum Gasteiger partial charge on any atom is -0.506 e. The molecule has 8 N–H and O–H groups in total. The Hall–Kier alpha value is -4.08. The number of fused-ring (bicyclic) bond motifs is 1. The second kappa shape index (κ2) is 14.6. The quantitative estimate of drug-likeness (QED) is 0.0125. The van der Waals surface area contributed by atoms with E-state index < -0.39 is 48.6 Å². The number of nitrogens with zero attached hydrogens (tertiary/aromatic N) is 5. The summed E-state index contributed by atoms with van der Waals surface area (Å²) in [5.41, 5.74) is 3.64. The van der Waals surface area contributed by atoms with Crippen molar-refractivity contribution in [3.05, 3.63) is 58.6 Å². The molecule has 0 bridgehead atoms. The van der Waals surface area contributed by atoms with Crippen molar-refractivity contribution >= 4 is 67.1 Å². The zero-order valence-electron chi connectivity index (χ0n) is 21.0. The van der Waals surface area contributed by atoms with Crippen LogP contribution in [0.2, 0.25) is 0 Å². The summed E-state index contributed by atoms with van der Waals surface area (Å²) in [4.78, 5) is 9.49. The Balaban J connectivity index is 0.00000337. The molecule has 4 aromatic rings. The zero-order valence-corrected chi connectivity index (χ0v) is 24.5. The van der Waals surface area contributed by atoms with Gasteiger partial charge in [0.1, 0.15) is 44.9 Å². The third-order valence-corrected chi connectivity index (χ3v) is 6.91. The van der Waals surface area contributed by atoms with Crippen LogP contribution in [-0.4, -0.2) is 43.6 Å². The molecule has 44 heavy (non-hydrogen) atoms. The maximum absolute atomic E-state index is 11.6. The van der Waals surface area contributed by atoms with E-state index in [1.807, 2.05) is 0 Å². The molecular formula is C22H16Cu2N6O12S2. The maximum atomic E-state index is 11.6. The van der Waals surface area contributed by atoms with Gasteiger partial charge in [-0.1, -0.05) is 5.04 Å². The predicted octanol–water partition coefficient (Wildman–Crippen LogP) is 5.65. The monoisotopic (exact) mass is 746 g/mol. The van der Waals surface area contributed by atoms with Gasteiger partial charge in [0.2, 0.25) is 0 Å². The van der Waals surface area contributed by atoms with E-state index in [-0.39, 0.29) is 78.2 Å². The molecule has 0 aliphatic heterocycles. The summed E-state index contributed by atoms with van der Waals surface area (Å²) in [5, 5.41) is 79.5. The third-order valence-electron chi connectivity index (χ3n) is 5.38. The summed E-state index contributed by atoms with van der Waals surface area (Å²) >= 11 is 0.316. The van der Waals surface area contributed by atoms with Crippen LogP contribution in [0.4, 0.5) is 34.1 Å². The van der Waals surface area contributed by atoms with E-state index in [9.17, 15) is 43.5 Å². The van der Waals surface area contributed by atoms with Crippen LogP contribution in [-0.2, 0) is 53.6 Å². The Morgan fingerprint density at radius 3 is 1.95 bits per heavy atom. The Bertz CT molecular complexity index is 1910. The van der Waals surface area contributed by atoms with Gasteiger partial charge in [0.25, 0.3) is 15.8 Å². The van der Waals surface area contributed by atoms with Gasteiger partial charge in [-0.3, -0.25) is 14.7 Å². The molecule has 2 radical (unpaired) electrons. The molecule has 0 spiro atoms. The number of hydrogen-bond acceptors (Lipinski definition) is 17. The molecule has 0 amide bonds. The van der Waals surface area contributed by atoms with Gasteiger partial charge in [0, 0.05) is 63.8 Å². The SMILES string of the molecule is Nc1cc2c(O)c(N=Nc3cc(O)c(N=Nc4cc([N+](=O)[O-])ccc4O)cc3O)c(SOOO)cc2cc1S(=O)(=O)O.[Cu].[Cu]. The molecular weight excluding hydrogens is 731 g/mol. The summed E-state index contributed by atoms with van der Waals surface area (Å²) < 4.78 is 37.0. The number of nitrogens with two attached hydrogens (primary N) is 1. The van der Waals surface area contributed by atoms with Gasteiger partial charge in [-0.25, -0.2) is 5.26 Å². The summed E-state index contributed by atoms with van der Waals surface area (Å²) in [7, 11) is -4.72. The first kappa shape index (κ1) is 36.1. The molecule has 0 aliphatic carbocycles. The Kier molecular flexibility index (Phi) is 12.0. The van der Waals surface area contributed by atoms with E-state index in [0.29, 0.717) is 12.0 Å². The molecule has 0 saturated heterocycles. The van der Waals surface area contributed by atoms with Gasteiger partial charge in [-0.05, 0) is 29.7 Å². The van der Waals surface area contributed by atoms with Gasteiger partial charge in [-0.15, -0.1) is 24.8 Å². The molecule has 0 aliphatic rings. The van der Waals surface area contributed by atoms with Crippen LogP contribution in [0.1, 0.15) is 0 Å². The number of phenols is 4. The van der Waals surface area contributed by atoms with Crippen molar-refractivity contribution in [2.75, 3.05) is 5.73 Å². The molecule has 0 heterocycles. The van der Waals surface area contributed by atoms with Gasteiger partial charge in [0.15, 0.2) is 5.75 Å². The van der Waals surface area contributed by atoms with Crippen LogP contribution in [0.5, 0.6) is 23.0 Å². The van der Waals surface area contributed by atoms with Gasteiger partial charge in [-0.2, -0.15) is 8.42 Å². The molecule has 18 nitrogen and oxygen atoms in total. The molecule has 4 aromatic carbocycles. The van der Waals surface area contributed by atoms with Crippen molar-refractivity contribution in [1.29, 1.82) is 0 Å². The fraction of sp³-hybridized carbons (Fsp3) is 0. The van der Waals surface area contributed by atoms with Crippen molar-refractivity contribution in [1.82, 2.24) is 0 Å². The largest absolute Gasteiger partial charge is 0.506 e. The second-order valence-electron chi connectivity index (χ2n) is 8.04. The Morgan fingerprint density at radius 1 is 0.841 bits per heavy atom. The average molecular weight is 748 g/mol. The van der Waals surface area contributed by atoms with Crippen LogP contribution in [0.25, 0.3) is 10.8 Å². The fourth-order valence-electron chi connectivity index (χ4n) is 3.46. The number of nitro benzene ring substituents is 1. The molecule has 0 saturated carbocycles. The Morgan fingerprint density at radius 2 is 1.41 bits per heavy atom. The van der Waals surface area contributed by atoms with Crippen molar-refractivity contribution < 1.29 is 87.1 Å². The normalized spacial score (nSPS) is 11.5. The maximum Gasteiger partial charge on any atom is 0.296 e. The van der Waals surface area contributed by atoms with Crippen LogP contribution < -0.4 is 5.73 Å². The first-order valence-corrected chi connectivity index (χ1v) is 13.1. The van der Waals surface area contributed by atoms with Crippen molar-refractivity contribution in [2.45, 2.75) is 9.79 Å². The smallest absolute Gasteiger partial charge is 0.296 e. The molecule has 0 fully saturated rings. The van der Waals surface area contributed by atoms with Crippen LogP contribution in [0.15, 0.2) is 78.8 Å². The number of nitrogen functional groups attached to an aromatic ring is 1. The van der Waals surface area contributed by atoms with Crippen LogP contribution >= 0.6 is 12.0 Å². The van der Waals surface area contributed by atoms with Gasteiger partial charge >= 0.3 is 0 Å². The predicted molar refractivity (Wildman–Crippen MR) is 143 cm³/mol. The zero-order chi connectivity index (χ0) is 30.8. The summed E-state index contributed by atoms with van der Waals surface area (Å²) in [5.74, 6) is -2.23. The summed E-state index contributed by atoms with van der Waals surface area (Å²) in [6.45, 7) is 0. The van der Waals surface area contributed by atoms with E-state index in [2.05, 4.69) is 29.8 Å². The molecule has 0 unspecified atom stereocenters. The van der Waals surface area contributed by atoms with Crippen molar-refractivity contribution in [2.24, 2.45) is 20.5 Å². The fourth-order valence-corrected chi connectivity index (χ4v) is 4.59. The standard InChI is InChI=1S/C22H16N6O12S2.2Cu/c23-12-6-11-9(4-20(12)42(36,37)38)3-19(41-40-39-35)21(22(11)32)27-26-15-8-17(30)14(7-18(15)31)25-24-13-5-10(28(33)34)1-2-16(13)29;;/h1-8,29-32,35H,23H2,(H,36,37,38);;. The first-order valence-electron chi connectivity index (χ1n) is 10.9. The van der Waals surface area contributed by atoms with E-state index in [4.69, 9.17) is 11.0 Å². The second-order valence-corrected chi connectivity index (χ2v) is 10.2. The number of nitro groups is 1. The Labute approximate surface area is 270 Å². The number of hydrogen-bond donors (Lipinski definition) is 7. The minimum atomic E-state index is -4.72. The number of azo groups is 2. The molecule has 0 aromatic heterocycles. The first-order chi connectivity index (χ1) is 19.8. The van der Waals surface area contributed by atoms with Crippen molar-refractivity contribution in [3.8, 4) is 23.0 Å². The third kappa shape index (κ3) is 7.89. The number of aromatic hydroxyl groups is 4. The molecule has 240 valence electrons. The van der Waals surface area contributed by atoms with Gasteiger partial charge < -0.3 is 26.2 Å². The van der Waals surface area contributed by atoms with Crippen LogP contribution in [0.3, 0.4) is 0 Å².